The van der Waals surface area contributed by atoms with Crippen LogP contribution in [0.4, 0.5) is 0 Å². The van der Waals surface area contributed by atoms with E-state index >= 15 is 0 Å². The molecule has 0 saturated heterocycles. The molecule has 1 N–H and O–H groups in total. The van der Waals surface area contributed by atoms with Crippen molar-refractivity contribution in [3.05, 3.63) is 102 Å². The summed E-state index contributed by atoms with van der Waals surface area (Å²) < 4.78 is 5.92. The number of hydrogen-bond acceptors (Lipinski definition) is 2. The van der Waals surface area contributed by atoms with Crippen molar-refractivity contribution in [2.45, 2.75) is 32.4 Å². The Balaban J connectivity index is 1.69. The van der Waals surface area contributed by atoms with Crippen LogP contribution < -0.4 is 10.1 Å². The molecule has 3 nitrogen and oxygen atoms in total. The molecule has 0 unspecified atom stereocenters. The van der Waals surface area contributed by atoms with Gasteiger partial charge in [0.05, 0.1) is 5.56 Å². The Bertz CT molecular complexity index is 873. The predicted octanol–water partition coefficient (Wildman–Crippen LogP) is 5.02. The first-order valence-corrected chi connectivity index (χ1v) is 9.16. The highest BCUT2D eigenvalue weighted by atomic mass is 16.5. The zero-order valence-corrected chi connectivity index (χ0v) is 15.8. The Kier molecular flexibility index (Phi) is 5.92. The molecule has 0 spiro atoms. The minimum absolute atomic E-state index is 0.125. The van der Waals surface area contributed by atoms with Crippen LogP contribution in [0.25, 0.3) is 0 Å². The monoisotopic (exact) mass is 359 g/mol. The molecule has 3 heteroatoms. The highest BCUT2D eigenvalue weighted by Crippen LogP contribution is 2.21. The smallest absolute Gasteiger partial charge is 0.255 e. The van der Waals surface area contributed by atoms with E-state index in [1.165, 1.54) is 5.56 Å². The second kappa shape index (κ2) is 8.54. The van der Waals surface area contributed by atoms with E-state index in [1.807, 2.05) is 80.6 Å². The first-order chi connectivity index (χ1) is 13.0. The summed E-state index contributed by atoms with van der Waals surface area (Å²) in [7, 11) is 0. The first kappa shape index (κ1) is 18.7. The van der Waals surface area contributed by atoms with Crippen molar-refractivity contribution >= 4 is 5.91 Å². The summed E-state index contributed by atoms with van der Waals surface area (Å²) in [5.74, 6) is 0.467. The van der Waals surface area contributed by atoms with Crippen LogP contribution in [0.5, 0.6) is 5.75 Å². The quantitative estimate of drug-likeness (QED) is 0.643. The van der Waals surface area contributed by atoms with Gasteiger partial charge in [0.1, 0.15) is 12.4 Å². The molecule has 27 heavy (non-hydrogen) atoms. The summed E-state index contributed by atoms with van der Waals surface area (Å²) in [6, 6.07) is 27.5. The zero-order chi connectivity index (χ0) is 19.1. The molecule has 0 aromatic heterocycles. The number of nitrogens with one attached hydrogen (secondary N) is 1. The topological polar surface area (TPSA) is 38.3 Å². The van der Waals surface area contributed by atoms with Crippen molar-refractivity contribution in [2.75, 3.05) is 0 Å². The Morgan fingerprint density at radius 2 is 1.37 bits per heavy atom. The molecule has 138 valence electrons. The largest absolute Gasteiger partial charge is 0.488 e. The number of benzene rings is 3. The van der Waals surface area contributed by atoms with Gasteiger partial charge >= 0.3 is 0 Å². The van der Waals surface area contributed by atoms with Crippen LogP contribution >= 0.6 is 0 Å². The molecule has 0 heterocycles. The third-order valence-electron chi connectivity index (χ3n) is 4.31. The highest BCUT2D eigenvalue weighted by molar-refractivity contribution is 5.97. The fraction of sp³-hybridized carbons (Fsp3) is 0.208. The van der Waals surface area contributed by atoms with Crippen LogP contribution in [0.1, 0.15) is 35.3 Å². The van der Waals surface area contributed by atoms with Gasteiger partial charge in [-0.2, -0.15) is 0 Å². The van der Waals surface area contributed by atoms with Gasteiger partial charge in [-0.3, -0.25) is 4.79 Å². The van der Waals surface area contributed by atoms with E-state index < -0.39 is 0 Å². The van der Waals surface area contributed by atoms with Crippen molar-refractivity contribution in [2.24, 2.45) is 0 Å². The average Bonchev–Trinajstić information content (AvgIpc) is 2.67. The number of carbonyl (C=O) groups is 1. The molecule has 0 fully saturated rings. The molecule has 3 aromatic carbocycles. The fourth-order valence-electron chi connectivity index (χ4n) is 3.04. The summed E-state index contributed by atoms with van der Waals surface area (Å²) in [5.41, 5.74) is 2.44. The van der Waals surface area contributed by atoms with Crippen LogP contribution in [-0.4, -0.2) is 11.4 Å². The van der Waals surface area contributed by atoms with Gasteiger partial charge in [0.15, 0.2) is 0 Å². The SMILES string of the molecule is CC(C)(Cc1ccccc1)NC(=O)c1ccccc1OCc1ccccc1. The van der Waals surface area contributed by atoms with E-state index in [-0.39, 0.29) is 11.4 Å². The van der Waals surface area contributed by atoms with E-state index in [2.05, 4.69) is 17.4 Å². The van der Waals surface area contributed by atoms with Gasteiger partial charge in [-0.1, -0.05) is 72.8 Å². The molecule has 0 aliphatic carbocycles. The molecule has 3 aromatic rings. The van der Waals surface area contributed by atoms with Gasteiger partial charge in [-0.25, -0.2) is 0 Å². The van der Waals surface area contributed by atoms with Crippen molar-refractivity contribution < 1.29 is 9.53 Å². The lowest BCUT2D eigenvalue weighted by Crippen LogP contribution is -2.45. The summed E-state index contributed by atoms with van der Waals surface area (Å²) >= 11 is 0. The maximum Gasteiger partial charge on any atom is 0.255 e. The Hall–Kier alpha value is -3.07. The number of ether oxygens (including phenoxy) is 1. The third kappa shape index (κ3) is 5.45. The summed E-state index contributed by atoms with van der Waals surface area (Å²) in [4.78, 5) is 12.9. The van der Waals surface area contributed by atoms with E-state index in [0.29, 0.717) is 17.9 Å². The van der Waals surface area contributed by atoms with Gasteiger partial charge in [0.25, 0.3) is 5.91 Å². The minimum atomic E-state index is -0.370. The van der Waals surface area contributed by atoms with Gasteiger partial charge in [-0.15, -0.1) is 0 Å². The third-order valence-corrected chi connectivity index (χ3v) is 4.31. The van der Waals surface area contributed by atoms with E-state index in [9.17, 15) is 4.79 Å². The number of carbonyl (C=O) groups excluding carboxylic acids is 1. The van der Waals surface area contributed by atoms with Crippen molar-refractivity contribution in [3.63, 3.8) is 0 Å². The average molecular weight is 359 g/mol. The second-order valence-corrected chi connectivity index (χ2v) is 7.27. The van der Waals surface area contributed by atoms with Crippen molar-refractivity contribution in [1.82, 2.24) is 5.32 Å². The van der Waals surface area contributed by atoms with Gasteiger partial charge in [-0.05, 0) is 43.5 Å². The molecule has 0 radical (unpaired) electrons. The van der Waals surface area contributed by atoms with Gasteiger partial charge in [0, 0.05) is 5.54 Å². The highest BCUT2D eigenvalue weighted by Gasteiger charge is 2.23. The van der Waals surface area contributed by atoms with Gasteiger partial charge < -0.3 is 10.1 Å². The number of amides is 1. The van der Waals surface area contributed by atoms with Crippen LogP contribution in [0.15, 0.2) is 84.9 Å². The van der Waals surface area contributed by atoms with Crippen LogP contribution in [0.2, 0.25) is 0 Å². The second-order valence-electron chi connectivity index (χ2n) is 7.27. The molecule has 0 atom stereocenters. The summed E-state index contributed by atoms with van der Waals surface area (Å²) in [6.07, 6.45) is 0.757. The standard InChI is InChI=1S/C24H25NO2/c1-24(2,17-19-11-5-3-6-12-19)25-23(26)21-15-9-10-16-22(21)27-18-20-13-7-4-8-14-20/h3-16H,17-18H2,1-2H3,(H,25,26). The molecular weight excluding hydrogens is 334 g/mol. The van der Waals surface area contributed by atoms with Crippen LogP contribution in [0.3, 0.4) is 0 Å². The first-order valence-electron chi connectivity index (χ1n) is 9.16. The summed E-state index contributed by atoms with van der Waals surface area (Å²) in [5, 5.41) is 3.14. The molecule has 1 amide bonds. The Morgan fingerprint density at radius 1 is 0.815 bits per heavy atom. The molecule has 0 aliphatic heterocycles. The number of rotatable bonds is 7. The Morgan fingerprint density at radius 3 is 2.04 bits per heavy atom. The molecule has 0 bridgehead atoms. The normalized spacial score (nSPS) is 11.0. The minimum Gasteiger partial charge on any atom is -0.488 e. The fourth-order valence-corrected chi connectivity index (χ4v) is 3.04. The lowest BCUT2D eigenvalue weighted by atomic mass is 9.94. The molecule has 3 rings (SSSR count). The summed E-state index contributed by atoms with van der Waals surface area (Å²) in [6.45, 7) is 4.50. The molecular formula is C24H25NO2. The maximum absolute atomic E-state index is 12.9. The van der Waals surface area contributed by atoms with E-state index in [0.717, 1.165) is 12.0 Å². The lowest BCUT2D eigenvalue weighted by Gasteiger charge is -2.27. The lowest BCUT2D eigenvalue weighted by molar-refractivity contribution is 0.0908. The van der Waals surface area contributed by atoms with E-state index in [4.69, 9.17) is 4.74 Å². The number of hydrogen-bond donors (Lipinski definition) is 1. The molecule has 0 saturated carbocycles. The predicted molar refractivity (Wildman–Crippen MR) is 109 cm³/mol. The van der Waals surface area contributed by atoms with Crippen molar-refractivity contribution in [3.8, 4) is 5.75 Å². The van der Waals surface area contributed by atoms with Gasteiger partial charge in [0.2, 0.25) is 0 Å². The van der Waals surface area contributed by atoms with Crippen LogP contribution in [-0.2, 0) is 13.0 Å². The maximum atomic E-state index is 12.9. The zero-order valence-electron chi connectivity index (χ0n) is 15.8. The molecule has 0 aliphatic rings. The van der Waals surface area contributed by atoms with Crippen LogP contribution in [0, 0.1) is 0 Å². The Labute approximate surface area is 161 Å². The number of para-hydroxylation sites is 1. The van der Waals surface area contributed by atoms with Crippen molar-refractivity contribution in [1.29, 1.82) is 0 Å². The van der Waals surface area contributed by atoms with E-state index in [1.54, 1.807) is 6.07 Å².